The monoisotopic (exact) mass is 740 g/mol. The molecule has 3 heteroatoms. The third-order valence-electron chi connectivity index (χ3n) is 13.1. The predicted molar refractivity (Wildman–Crippen MR) is 243 cm³/mol. The van der Waals surface area contributed by atoms with E-state index in [9.17, 15) is 0 Å². The van der Waals surface area contributed by atoms with Gasteiger partial charge >= 0.3 is 0 Å². The summed E-state index contributed by atoms with van der Waals surface area (Å²) in [6, 6.07) is 67.0. The molecule has 272 valence electrons. The Labute approximate surface area is 334 Å². The maximum atomic E-state index is 6.46. The minimum absolute atomic E-state index is 0.0843. The molecule has 12 aromatic rings. The quantitative estimate of drug-likeness (QED) is 0.177. The first-order valence-corrected chi connectivity index (χ1v) is 20.2. The van der Waals surface area contributed by atoms with Gasteiger partial charge < -0.3 is 13.6 Å². The fraction of sp³-hybridized carbons (Fsp3) is 0.0545. The van der Waals surface area contributed by atoms with Crippen LogP contribution in [0.5, 0.6) is 0 Å². The smallest absolute Gasteiger partial charge is 0.137 e. The highest BCUT2D eigenvalue weighted by Crippen LogP contribution is 2.51. The lowest BCUT2D eigenvalue weighted by atomic mass is 9.82. The molecule has 3 heterocycles. The third-order valence-corrected chi connectivity index (χ3v) is 13.1. The Morgan fingerprint density at radius 3 is 1.81 bits per heavy atom. The maximum absolute atomic E-state index is 6.46. The summed E-state index contributed by atoms with van der Waals surface area (Å²) in [5, 5.41) is 9.69. The number of furan rings is 1. The van der Waals surface area contributed by atoms with Crippen LogP contribution in [-0.4, -0.2) is 9.13 Å². The Morgan fingerprint density at radius 1 is 0.362 bits per heavy atom. The molecule has 1 aliphatic carbocycles. The summed E-state index contributed by atoms with van der Waals surface area (Å²) in [4.78, 5) is 0. The van der Waals surface area contributed by atoms with Crippen molar-refractivity contribution < 1.29 is 4.42 Å². The minimum atomic E-state index is -0.0843. The van der Waals surface area contributed by atoms with Crippen LogP contribution >= 0.6 is 0 Å². The van der Waals surface area contributed by atoms with Crippen LogP contribution in [0, 0.1) is 0 Å². The summed E-state index contributed by atoms with van der Waals surface area (Å²) in [6.07, 6.45) is 0. The summed E-state index contributed by atoms with van der Waals surface area (Å²) in [5.74, 6) is 0. The molecule has 0 N–H and O–H groups in total. The molecule has 0 atom stereocenters. The van der Waals surface area contributed by atoms with Gasteiger partial charge in [-0.1, -0.05) is 117 Å². The molecule has 0 fully saturated rings. The van der Waals surface area contributed by atoms with Crippen molar-refractivity contribution in [3.05, 3.63) is 193 Å². The van der Waals surface area contributed by atoms with Gasteiger partial charge in [0.15, 0.2) is 0 Å². The van der Waals surface area contributed by atoms with Crippen LogP contribution in [0.1, 0.15) is 25.0 Å². The molecule has 3 aromatic heterocycles. The standard InChI is InChI=1S/C55H36N2O/c1-55(2)47-18-10-8-16-39(47)41-29-44-42-27-35(21-24-49(42)56(51(44)31-48(41)55)37-14-4-3-5-15-37)36-22-25-50-43(28-36)45-30-46-40-17-9-11-19-53(40)58-54(46)32-52(45)57(50)38-23-20-33-12-6-7-13-34(33)26-38/h3-32H,1-2H3. The normalized spacial score (nSPS) is 13.5. The van der Waals surface area contributed by atoms with E-state index < -0.39 is 0 Å². The number of fused-ring (bicyclic) bond motifs is 13. The van der Waals surface area contributed by atoms with E-state index in [1.807, 2.05) is 6.07 Å². The lowest BCUT2D eigenvalue weighted by Crippen LogP contribution is -2.14. The number of nitrogens with zero attached hydrogens (tertiary/aromatic N) is 2. The molecule has 0 spiro atoms. The predicted octanol–water partition coefficient (Wildman–Crippen LogP) is 14.9. The first-order valence-electron chi connectivity index (χ1n) is 20.2. The summed E-state index contributed by atoms with van der Waals surface area (Å²) in [7, 11) is 0. The van der Waals surface area contributed by atoms with Crippen LogP contribution in [-0.2, 0) is 5.41 Å². The molecule has 9 aromatic carbocycles. The molecule has 0 radical (unpaired) electrons. The van der Waals surface area contributed by atoms with Gasteiger partial charge in [0.25, 0.3) is 0 Å². The van der Waals surface area contributed by atoms with Crippen molar-refractivity contribution in [2.75, 3.05) is 0 Å². The van der Waals surface area contributed by atoms with Gasteiger partial charge in [0.05, 0.1) is 22.1 Å². The second-order valence-electron chi connectivity index (χ2n) is 16.6. The molecule has 3 nitrogen and oxygen atoms in total. The summed E-state index contributed by atoms with van der Waals surface area (Å²) in [6.45, 7) is 4.73. The zero-order chi connectivity index (χ0) is 38.3. The number of benzene rings is 9. The number of rotatable bonds is 3. The summed E-state index contributed by atoms with van der Waals surface area (Å²) in [5.41, 5.74) is 16.6. The zero-order valence-corrected chi connectivity index (χ0v) is 32.1. The molecule has 0 amide bonds. The Hall–Kier alpha value is -7.36. The van der Waals surface area contributed by atoms with E-state index in [0.29, 0.717) is 0 Å². The SMILES string of the molecule is CC1(C)c2ccccc2-c2cc3c4cc(-c5ccc6c(c5)c5cc7c(cc5n6-c5ccc6ccccc6c5)oc5ccccc57)ccc4n(-c4ccccc4)c3cc21. The van der Waals surface area contributed by atoms with Gasteiger partial charge in [0.2, 0.25) is 0 Å². The van der Waals surface area contributed by atoms with Crippen LogP contribution < -0.4 is 0 Å². The van der Waals surface area contributed by atoms with Crippen LogP contribution in [0.3, 0.4) is 0 Å². The van der Waals surface area contributed by atoms with Gasteiger partial charge in [-0.05, 0) is 117 Å². The van der Waals surface area contributed by atoms with E-state index in [1.54, 1.807) is 0 Å². The Morgan fingerprint density at radius 2 is 1.00 bits per heavy atom. The van der Waals surface area contributed by atoms with E-state index in [2.05, 4.69) is 199 Å². The van der Waals surface area contributed by atoms with Crippen molar-refractivity contribution in [1.82, 2.24) is 9.13 Å². The van der Waals surface area contributed by atoms with Gasteiger partial charge in [-0.3, -0.25) is 0 Å². The number of para-hydroxylation sites is 2. The molecule has 0 saturated heterocycles. The molecular weight excluding hydrogens is 705 g/mol. The van der Waals surface area contributed by atoms with E-state index >= 15 is 0 Å². The second-order valence-corrected chi connectivity index (χ2v) is 16.6. The maximum Gasteiger partial charge on any atom is 0.137 e. The number of hydrogen-bond acceptors (Lipinski definition) is 1. The average Bonchev–Trinajstić information content (AvgIpc) is 3.96. The van der Waals surface area contributed by atoms with Crippen LogP contribution in [0.25, 0.3) is 110 Å². The van der Waals surface area contributed by atoms with Crippen molar-refractivity contribution in [2.24, 2.45) is 0 Å². The van der Waals surface area contributed by atoms with Crippen molar-refractivity contribution in [2.45, 2.75) is 19.3 Å². The van der Waals surface area contributed by atoms with Crippen molar-refractivity contribution in [1.29, 1.82) is 0 Å². The minimum Gasteiger partial charge on any atom is -0.456 e. The average molecular weight is 741 g/mol. The lowest BCUT2D eigenvalue weighted by Gasteiger charge is -2.21. The van der Waals surface area contributed by atoms with Gasteiger partial charge in [0.1, 0.15) is 11.2 Å². The van der Waals surface area contributed by atoms with Gasteiger partial charge in [-0.2, -0.15) is 0 Å². The first kappa shape index (κ1) is 31.8. The highest BCUT2D eigenvalue weighted by atomic mass is 16.3. The molecule has 0 aliphatic heterocycles. The Balaban J connectivity index is 1.07. The van der Waals surface area contributed by atoms with Crippen molar-refractivity contribution in [3.63, 3.8) is 0 Å². The topological polar surface area (TPSA) is 23.0 Å². The van der Waals surface area contributed by atoms with E-state index in [4.69, 9.17) is 4.42 Å². The Kier molecular flexibility index (Phi) is 6.23. The molecular formula is C55H36N2O. The van der Waals surface area contributed by atoms with E-state index in [0.717, 1.165) is 33.1 Å². The fourth-order valence-electron chi connectivity index (χ4n) is 10.3. The number of hydrogen-bond donors (Lipinski definition) is 0. The fourth-order valence-corrected chi connectivity index (χ4v) is 10.3. The van der Waals surface area contributed by atoms with Crippen molar-refractivity contribution in [3.8, 4) is 33.6 Å². The third kappa shape index (κ3) is 4.28. The number of aromatic nitrogens is 2. The molecule has 1 aliphatic rings. The largest absolute Gasteiger partial charge is 0.456 e. The Bertz CT molecular complexity index is 3710. The highest BCUT2D eigenvalue weighted by Gasteiger charge is 2.36. The molecule has 13 rings (SSSR count). The molecule has 0 saturated carbocycles. The molecule has 58 heavy (non-hydrogen) atoms. The zero-order valence-electron chi connectivity index (χ0n) is 32.1. The van der Waals surface area contributed by atoms with Gasteiger partial charge in [-0.25, -0.2) is 0 Å². The second kappa shape index (κ2) is 11.4. The van der Waals surface area contributed by atoms with Gasteiger partial charge in [-0.15, -0.1) is 0 Å². The summed E-state index contributed by atoms with van der Waals surface area (Å²) >= 11 is 0. The van der Waals surface area contributed by atoms with Crippen LogP contribution in [0.4, 0.5) is 0 Å². The van der Waals surface area contributed by atoms with Crippen LogP contribution in [0.15, 0.2) is 186 Å². The summed E-state index contributed by atoms with van der Waals surface area (Å²) < 4.78 is 11.3. The van der Waals surface area contributed by atoms with Gasteiger partial charge in [0, 0.05) is 55.2 Å². The first-order chi connectivity index (χ1) is 28.5. The van der Waals surface area contributed by atoms with E-state index in [1.165, 1.54) is 87.9 Å². The highest BCUT2D eigenvalue weighted by molar-refractivity contribution is 6.18. The van der Waals surface area contributed by atoms with E-state index in [-0.39, 0.29) is 5.41 Å². The lowest BCUT2D eigenvalue weighted by molar-refractivity contribution is 0.661. The molecule has 0 unspecified atom stereocenters. The van der Waals surface area contributed by atoms with Crippen molar-refractivity contribution >= 4 is 76.3 Å². The van der Waals surface area contributed by atoms with Crippen LogP contribution in [0.2, 0.25) is 0 Å². The molecule has 0 bridgehead atoms.